The largest absolute Gasteiger partial charge is 0.247 e. The van der Waals surface area contributed by atoms with E-state index >= 15 is 0 Å². The van der Waals surface area contributed by atoms with Gasteiger partial charge in [0.05, 0.1) is 26.3 Å². The lowest BCUT2D eigenvalue weighted by atomic mass is 9.97. The first-order valence-electron chi connectivity index (χ1n) is 5.84. The molecule has 1 nitrogen and oxygen atoms in total. The van der Waals surface area contributed by atoms with Crippen LogP contribution in [0.4, 0.5) is 5.69 Å². The van der Waals surface area contributed by atoms with Crippen molar-refractivity contribution in [3.63, 3.8) is 0 Å². The van der Waals surface area contributed by atoms with E-state index in [-0.39, 0.29) is 5.41 Å². The van der Waals surface area contributed by atoms with Crippen LogP contribution in [0.5, 0.6) is 0 Å². The van der Waals surface area contributed by atoms with Crippen LogP contribution in [-0.2, 0) is 0 Å². The van der Waals surface area contributed by atoms with Crippen molar-refractivity contribution in [3.8, 4) is 11.8 Å². The van der Waals surface area contributed by atoms with E-state index in [0.29, 0.717) is 15.6 Å². The Hall–Kier alpha value is -0.620. The Kier molecular flexibility index (Phi) is 5.80. The number of nitrogens with zero attached hydrogens (tertiary/aromatic N) is 1. The maximum absolute atomic E-state index is 6.23. The van der Waals surface area contributed by atoms with E-state index in [0.717, 1.165) is 10.7 Å². The van der Waals surface area contributed by atoms with E-state index in [1.807, 2.05) is 34.0 Å². The van der Waals surface area contributed by atoms with Gasteiger partial charge in [0.1, 0.15) is 0 Å². The summed E-state index contributed by atoms with van der Waals surface area (Å²) < 4.78 is 0. The van der Waals surface area contributed by atoms with E-state index in [1.54, 1.807) is 23.9 Å². The second-order valence-electron chi connectivity index (χ2n) is 5.12. The Morgan fingerprint density at radius 2 is 1.74 bits per heavy atom. The van der Waals surface area contributed by atoms with Gasteiger partial charge >= 0.3 is 0 Å². The molecule has 0 amide bonds. The smallest absolute Gasteiger partial charge is 0.0704 e. The minimum atomic E-state index is -0.0844. The molecular weight excluding hydrogens is 297 g/mol. The predicted octanol–water partition coefficient (Wildman–Crippen LogP) is 5.80. The minimum absolute atomic E-state index is 0.0844. The molecule has 19 heavy (non-hydrogen) atoms. The normalized spacial score (nSPS) is 12.1. The quantitative estimate of drug-likeness (QED) is 0.362. The molecule has 1 rings (SSSR count). The van der Waals surface area contributed by atoms with Gasteiger partial charge in [-0.15, -0.1) is 11.8 Å². The van der Waals surface area contributed by atoms with Gasteiger partial charge in [0.25, 0.3) is 0 Å². The Labute approximate surface area is 129 Å². The summed E-state index contributed by atoms with van der Waals surface area (Å²) in [5.41, 5.74) is 1.33. The van der Waals surface area contributed by atoms with Crippen LogP contribution in [0.1, 0.15) is 33.3 Å². The molecule has 0 aliphatic heterocycles. The van der Waals surface area contributed by atoms with Gasteiger partial charge in [-0.1, -0.05) is 35.0 Å². The Bertz CT molecular complexity index is 537. The van der Waals surface area contributed by atoms with E-state index in [2.05, 4.69) is 16.8 Å². The van der Waals surface area contributed by atoms with Crippen LogP contribution in [0.2, 0.25) is 10.0 Å². The van der Waals surface area contributed by atoms with Crippen LogP contribution in [0, 0.1) is 17.3 Å². The van der Waals surface area contributed by atoms with Gasteiger partial charge in [0.15, 0.2) is 0 Å². The van der Waals surface area contributed by atoms with E-state index < -0.39 is 0 Å². The molecule has 4 heteroatoms. The van der Waals surface area contributed by atoms with E-state index in [1.165, 1.54) is 0 Å². The Morgan fingerprint density at radius 1 is 1.21 bits per heavy atom. The van der Waals surface area contributed by atoms with E-state index in [9.17, 15) is 0 Å². The van der Waals surface area contributed by atoms with Gasteiger partial charge in [-0.3, -0.25) is 0 Å². The number of thioether (sulfide) groups is 1. The molecule has 1 aromatic carbocycles. The first-order chi connectivity index (χ1) is 8.73. The third-order valence-electron chi connectivity index (χ3n) is 2.17. The molecule has 0 aliphatic rings. The Morgan fingerprint density at radius 3 is 2.16 bits per heavy atom. The maximum atomic E-state index is 6.23. The molecule has 0 aliphatic carbocycles. The molecule has 0 unspecified atom stereocenters. The molecule has 0 bridgehead atoms. The molecule has 0 fully saturated rings. The molecule has 0 N–H and O–H groups in total. The van der Waals surface area contributed by atoms with Crippen molar-refractivity contribution >= 4 is 45.7 Å². The lowest BCUT2D eigenvalue weighted by Crippen LogP contribution is -1.99. The summed E-state index contributed by atoms with van der Waals surface area (Å²) in [4.78, 5) is 4.41. The van der Waals surface area contributed by atoms with Crippen molar-refractivity contribution in [2.75, 3.05) is 6.26 Å². The number of rotatable bonds is 1. The molecule has 0 saturated heterocycles. The minimum Gasteiger partial charge on any atom is -0.247 e. The molecule has 0 heterocycles. The molecule has 0 aromatic heterocycles. The molecule has 0 spiro atoms. The fraction of sp³-hybridized carbons (Fsp3) is 0.400. The van der Waals surface area contributed by atoms with Crippen molar-refractivity contribution in [2.24, 2.45) is 10.4 Å². The fourth-order valence-electron chi connectivity index (χ4n) is 1.22. The Balaban J connectivity index is 3.21. The summed E-state index contributed by atoms with van der Waals surface area (Å²) in [7, 11) is 0. The van der Waals surface area contributed by atoms with Crippen molar-refractivity contribution in [1.82, 2.24) is 0 Å². The zero-order chi connectivity index (χ0) is 14.6. The highest BCUT2D eigenvalue weighted by atomic mass is 35.5. The summed E-state index contributed by atoms with van der Waals surface area (Å²) in [6.07, 6.45) is 1.98. The van der Waals surface area contributed by atoms with Gasteiger partial charge in [-0.25, -0.2) is 4.99 Å². The molecule has 0 saturated carbocycles. The number of aliphatic imine (C=N–C) groups is 1. The monoisotopic (exact) mass is 313 g/mol. The fourth-order valence-corrected chi connectivity index (χ4v) is 1.99. The van der Waals surface area contributed by atoms with Crippen LogP contribution in [0.25, 0.3) is 0 Å². The van der Waals surface area contributed by atoms with Crippen LogP contribution in [0.3, 0.4) is 0 Å². The summed E-state index contributed by atoms with van der Waals surface area (Å²) >= 11 is 14.0. The lowest BCUT2D eigenvalue weighted by Gasteiger charge is -2.08. The SMILES string of the molecule is CSC(C)=Nc1cc(Cl)c(C#CC(C)(C)C)c(Cl)c1. The summed E-state index contributed by atoms with van der Waals surface area (Å²) in [6, 6.07) is 3.58. The highest BCUT2D eigenvalue weighted by Crippen LogP contribution is 2.30. The third-order valence-corrected chi connectivity index (χ3v) is 3.45. The van der Waals surface area contributed by atoms with Gasteiger partial charge in [0.2, 0.25) is 0 Å². The molecule has 0 radical (unpaired) electrons. The van der Waals surface area contributed by atoms with Crippen molar-refractivity contribution in [1.29, 1.82) is 0 Å². The van der Waals surface area contributed by atoms with Crippen LogP contribution in [-0.4, -0.2) is 11.3 Å². The molecule has 102 valence electrons. The zero-order valence-electron chi connectivity index (χ0n) is 11.8. The number of hydrogen-bond donors (Lipinski definition) is 0. The first kappa shape index (κ1) is 16.4. The van der Waals surface area contributed by atoms with Gasteiger partial charge in [0, 0.05) is 5.41 Å². The molecular formula is C15H17Cl2NS. The van der Waals surface area contributed by atoms with Crippen molar-refractivity contribution in [3.05, 3.63) is 27.7 Å². The second-order valence-corrected chi connectivity index (χ2v) is 6.93. The van der Waals surface area contributed by atoms with Crippen LogP contribution < -0.4 is 0 Å². The summed E-state index contributed by atoms with van der Waals surface area (Å²) in [6.45, 7) is 8.08. The van der Waals surface area contributed by atoms with Crippen LogP contribution >= 0.6 is 35.0 Å². The van der Waals surface area contributed by atoms with E-state index in [4.69, 9.17) is 23.2 Å². The van der Waals surface area contributed by atoms with Gasteiger partial charge < -0.3 is 0 Å². The topological polar surface area (TPSA) is 12.4 Å². The maximum Gasteiger partial charge on any atom is 0.0704 e. The standard InChI is InChI=1S/C15H17Cl2NS/c1-10(19-5)18-11-8-13(16)12(14(17)9-11)6-7-15(2,3)4/h8-9H,1-5H3. The van der Waals surface area contributed by atoms with Crippen LogP contribution in [0.15, 0.2) is 17.1 Å². The average molecular weight is 314 g/mol. The second kappa shape index (κ2) is 6.70. The third kappa shape index (κ3) is 5.48. The summed E-state index contributed by atoms with van der Waals surface area (Å²) in [5, 5.41) is 2.04. The molecule has 1 aromatic rings. The highest BCUT2D eigenvalue weighted by molar-refractivity contribution is 8.13. The van der Waals surface area contributed by atoms with Crippen molar-refractivity contribution in [2.45, 2.75) is 27.7 Å². The average Bonchev–Trinajstić information content (AvgIpc) is 2.26. The lowest BCUT2D eigenvalue weighted by molar-refractivity contribution is 0.571. The first-order valence-corrected chi connectivity index (χ1v) is 7.82. The zero-order valence-corrected chi connectivity index (χ0v) is 14.1. The number of halogens is 2. The van der Waals surface area contributed by atoms with Crippen molar-refractivity contribution < 1.29 is 0 Å². The predicted molar refractivity (Wildman–Crippen MR) is 89.1 cm³/mol. The van der Waals surface area contributed by atoms with Gasteiger partial charge in [-0.05, 0) is 46.1 Å². The van der Waals surface area contributed by atoms with Gasteiger partial charge in [-0.2, -0.15) is 0 Å². The molecule has 0 atom stereocenters. The summed E-state index contributed by atoms with van der Waals surface area (Å²) in [5.74, 6) is 6.18. The highest BCUT2D eigenvalue weighted by Gasteiger charge is 2.08. The number of hydrogen-bond acceptors (Lipinski definition) is 2. The number of benzene rings is 1.